The Kier molecular flexibility index (Phi) is 12.0. The van der Waals surface area contributed by atoms with Crippen molar-refractivity contribution in [1.29, 1.82) is 0 Å². The number of ether oxygens (including phenoxy) is 2. The summed E-state index contributed by atoms with van der Waals surface area (Å²) >= 11 is 16.1. The zero-order chi connectivity index (χ0) is 30.1. The number of nitrogens with one attached hydrogen (secondary N) is 1. The highest BCUT2D eigenvalue weighted by Gasteiger charge is 2.22. The van der Waals surface area contributed by atoms with E-state index in [4.69, 9.17) is 38.4 Å². The minimum absolute atomic E-state index is 0.0163. The first kappa shape index (κ1) is 32.1. The molecule has 1 aliphatic rings. The third-order valence-corrected chi connectivity index (χ3v) is 8.76. The van der Waals surface area contributed by atoms with E-state index in [9.17, 15) is 9.59 Å². The molecule has 1 aliphatic carbocycles. The second-order valence-electron chi connectivity index (χ2n) is 10.3. The third-order valence-electron chi connectivity index (χ3n) is 7.48. The Hall–Kier alpha value is -2.78. The highest BCUT2D eigenvalue weighted by atomic mass is 79.9. The monoisotopic (exact) mass is 675 g/mol. The summed E-state index contributed by atoms with van der Waals surface area (Å²) in [6.07, 6.45) is 6.18. The molecule has 3 aromatic rings. The number of benzene rings is 3. The van der Waals surface area contributed by atoms with Crippen LogP contribution in [0, 0.1) is 0 Å². The lowest BCUT2D eigenvalue weighted by atomic mass is 9.93. The molecule has 10 heteroatoms. The molecule has 0 aliphatic heterocycles. The van der Waals surface area contributed by atoms with E-state index in [2.05, 4.69) is 33.1 Å². The Bertz CT molecular complexity index is 1380. The molecule has 1 fully saturated rings. The summed E-state index contributed by atoms with van der Waals surface area (Å²) in [5.74, 6) is -0.953. The second-order valence-corrected chi connectivity index (χ2v) is 12.0. The number of nitrogens with zero attached hydrogens (tertiary/aromatic N) is 1. The van der Waals surface area contributed by atoms with Crippen LogP contribution in [0.5, 0.6) is 0 Å². The number of rotatable bonds is 12. The number of anilines is 3. The Morgan fingerprint density at radius 3 is 2.38 bits per heavy atom. The van der Waals surface area contributed by atoms with Gasteiger partial charge in [0.25, 0.3) is 0 Å². The summed E-state index contributed by atoms with van der Waals surface area (Å²) in [4.78, 5) is 27.9. The molecular weight excluding hydrogens is 641 g/mol. The van der Waals surface area contributed by atoms with Crippen molar-refractivity contribution in [2.75, 3.05) is 30.8 Å². The van der Waals surface area contributed by atoms with E-state index in [1.807, 2.05) is 24.3 Å². The highest BCUT2D eigenvalue weighted by Crippen LogP contribution is 2.34. The molecule has 0 radical (unpaired) electrons. The molecule has 3 aromatic carbocycles. The molecule has 1 saturated carbocycles. The number of hydrogen-bond acceptors (Lipinski definition) is 7. The van der Waals surface area contributed by atoms with E-state index in [1.165, 1.54) is 32.1 Å². The first-order chi connectivity index (χ1) is 20.3. The van der Waals surface area contributed by atoms with Gasteiger partial charge >= 0.3 is 11.9 Å². The lowest BCUT2D eigenvalue weighted by molar-refractivity contribution is -0.143. The first-order valence-corrected chi connectivity index (χ1v) is 15.7. The maximum Gasteiger partial charge on any atom is 0.338 e. The van der Waals surface area contributed by atoms with Gasteiger partial charge < -0.3 is 20.5 Å². The number of hydrogen-bond donors (Lipinski definition) is 2. The Morgan fingerprint density at radius 1 is 0.976 bits per heavy atom. The zero-order valence-electron chi connectivity index (χ0n) is 23.6. The fourth-order valence-corrected chi connectivity index (χ4v) is 6.21. The third kappa shape index (κ3) is 8.63. The van der Waals surface area contributed by atoms with Crippen LogP contribution in [0.3, 0.4) is 0 Å². The van der Waals surface area contributed by atoms with Gasteiger partial charge in [0.1, 0.15) is 13.2 Å². The minimum Gasteiger partial charge on any atom is -0.462 e. The van der Waals surface area contributed by atoms with E-state index in [0.717, 1.165) is 12.1 Å². The molecule has 0 aromatic heterocycles. The van der Waals surface area contributed by atoms with Crippen molar-refractivity contribution >= 4 is 68.1 Å². The number of carbonyl (C=O) groups excluding carboxylic acids is 2. The smallest absolute Gasteiger partial charge is 0.338 e. The summed E-state index contributed by atoms with van der Waals surface area (Å²) in [5.41, 5.74) is 10.2. The van der Waals surface area contributed by atoms with E-state index < -0.39 is 11.9 Å². The van der Waals surface area contributed by atoms with Crippen LogP contribution < -0.4 is 11.1 Å². The van der Waals surface area contributed by atoms with Crippen LogP contribution >= 0.6 is 39.1 Å². The molecule has 4 rings (SSSR count). The average molecular weight is 677 g/mol. The molecule has 0 bridgehead atoms. The van der Waals surface area contributed by atoms with Gasteiger partial charge in [-0.25, -0.2) is 4.79 Å². The predicted octanol–water partition coefficient (Wildman–Crippen LogP) is 8.18. The standard InChI is InChI=1S/C32H36BrCl2N3O4/c1-2-38(24-10-4-3-5-11-24)20-23-17-22(18-25(33)30(23)36)32(40)42-16-15-41-29(39)19-21-9-6-7-14-28(21)37-31-26(34)12-8-13-27(31)35/h6-9,12-14,17-18,24,37H,2-5,10-11,15-16,19-20,36H2,1H3. The van der Waals surface area contributed by atoms with Crippen LogP contribution in [0.2, 0.25) is 10.0 Å². The van der Waals surface area contributed by atoms with Gasteiger partial charge in [-0.1, -0.05) is 73.7 Å². The first-order valence-electron chi connectivity index (χ1n) is 14.2. The quantitative estimate of drug-likeness (QED) is 0.114. The van der Waals surface area contributed by atoms with Crippen molar-refractivity contribution in [3.63, 3.8) is 0 Å². The van der Waals surface area contributed by atoms with Gasteiger partial charge in [-0.15, -0.1) is 0 Å². The molecule has 0 atom stereocenters. The lowest BCUT2D eigenvalue weighted by Crippen LogP contribution is -2.36. The van der Waals surface area contributed by atoms with Crippen molar-refractivity contribution < 1.29 is 19.1 Å². The Labute approximate surface area is 265 Å². The van der Waals surface area contributed by atoms with E-state index in [1.54, 1.807) is 30.3 Å². The summed E-state index contributed by atoms with van der Waals surface area (Å²) < 4.78 is 11.4. The normalized spacial score (nSPS) is 13.6. The summed E-state index contributed by atoms with van der Waals surface area (Å²) in [7, 11) is 0. The van der Waals surface area contributed by atoms with Gasteiger partial charge in [-0.2, -0.15) is 0 Å². The van der Waals surface area contributed by atoms with Crippen LogP contribution in [0.15, 0.2) is 59.1 Å². The van der Waals surface area contributed by atoms with Crippen molar-refractivity contribution in [2.24, 2.45) is 0 Å². The molecule has 0 amide bonds. The maximum absolute atomic E-state index is 12.9. The largest absolute Gasteiger partial charge is 0.462 e. The number of para-hydroxylation sites is 2. The molecule has 0 spiro atoms. The summed E-state index contributed by atoms with van der Waals surface area (Å²) in [6.45, 7) is 3.60. The molecule has 0 heterocycles. The maximum atomic E-state index is 12.9. The molecule has 42 heavy (non-hydrogen) atoms. The predicted molar refractivity (Wildman–Crippen MR) is 173 cm³/mol. The molecule has 0 saturated heterocycles. The highest BCUT2D eigenvalue weighted by molar-refractivity contribution is 9.10. The van der Waals surface area contributed by atoms with E-state index in [0.29, 0.717) is 55.3 Å². The summed E-state index contributed by atoms with van der Waals surface area (Å²) in [5, 5.41) is 4.14. The van der Waals surface area contributed by atoms with Crippen molar-refractivity contribution in [3.05, 3.63) is 85.8 Å². The summed E-state index contributed by atoms with van der Waals surface area (Å²) in [6, 6.07) is 16.5. The van der Waals surface area contributed by atoms with Gasteiger partial charge in [-0.05, 0) is 76.8 Å². The van der Waals surface area contributed by atoms with Crippen LogP contribution in [-0.4, -0.2) is 42.6 Å². The SMILES string of the molecule is CCN(Cc1cc(C(=O)OCCOC(=O)Cc2ccccc2Nc2c(Cl)cccc2Cl)cc(Br)c1N)C1CCCCC1. The van der Waals surface area contributed by atoms with E-state index in [-0.39, 0.29) is 19.6 Å². The minimum atomic E-state index is -0.500. The van der Waals surface area contributed by atoms with Crippen LogP contribution in [-0.2, 0) is 27.2 Å². The van der Waals surface area contributed by atoms with Gasteiger partial charge in [0.15, 0.2) is 0 Å². The topological polar surface area (TPSA) is 93.9 Å². The van der Waals surface area contributed by atoms with Gasteiger partial charge in [0, 0.05) is 22.7 Å². The Morgan fingerprint density at radius 2 is 1.67 bits per heavy atom. The molecule has 0 unspecified atom stereocenters. The van der Waals surface area contributed by atoms with Crippen molar-refractivity contribution in [1.82, 2.24) is 4.90 Å². The fourth-order valence-electron chi connectivity index (χ4n) is 5.22. The van der Waals surface area contributed by atoms with Crippen LogP contribution in [0.25, 0.3) is 0 Å². The van der Waals surface area contributed by atoms with Crippen LogP contribution in [0.1, 0.15) is 60.5 Å². The van der Waals surface area contributed by atoms with Gasteiger partial charge in [-0.3, -0.25) is 9.69 Å². The van der Waals surface area contributed by atoms with E-state index >= 15 is 0 Å². The number of nitrogen functional groups attached to an aromatic ring is 1. The lowest BCUT2D eigenvalue weighted by Gasteiger charge is -2.34. The fraction of sp³-hybridized carbons (Fsp3) is 0.375. The number of esters is 2. The molecule has 224 valence electrons. The molecular formula is C32H36BrCl2N3O4. The average Bonchev–Trinajstić information content (AvgIpc) is 2.99. The van der Waals surface area contributed by atoms with Crippen molar-refractivity contribution in [3.8, 4) is 0 Å². The second kappa shape index (κ2) is 15.6. The Balaban J connectivity index is 1.30. The van der Waals surface area contributed by atoms with Crippen LogP contribution in [0.4, 0.5) is 17.1 Å². The molecule has 7 nitrogen and oxygen atoms in total. The number of nitrogens with two attached hydrogens (primary N) is 1. The van der Waals surface area contributed by atoms with Crippen molar-refractivity contribution in [2.45, 2.75) is 58.0 Å². The van der Waals surface area contributed by atoms with Gasteiger partial charge in [0.05, 0.1) is 33.4 Å². The number of carbonyl (C=O) groups is 2. The number of halogens is 3. The molecule has 3 N–H and O–H groups in total. The zero-order valence-corrected chi connectivity index (χ0v) is 26.7. The van der Waals surface area contributed by atoms with Gasteiger partial charge in [0.2, 0.25) is 0 Å².